The largest absolute Gasteiger partial charge is 0.491 e. The topological polar surface area (TPSA) is 51.7 Å². The number of hydrogen-bond donors (Lipinski definition) is 0. The summed E-state index contributed by atoms with van der Waals surface area (Å²) in [6.45, 7) is 7.80. The third-order valence-corrected chi connectivity index (χ3v) is 6.73. The molecule has 0 N–H and O–H groups in total. The number of ether oxygens (including phenoxy) is 2. The van der Waals surface area contributed by atoms with Crippen LogP contribution >= 0.6 is 0 Å². The van der Waals surface area contributed by atoms with Gasteiger partial charge in [-0.15, -0.1) is 0 Å². The molecule has 34 heavy (non-hydrogen) atoms. The monoisotopic (exact) mass is 472 g/mol. The Bertz CT molecular complexity index is 963. The molecule has 1 aromatic carbocycles. The van der Waals surface area contributed by atoms with Gasteiger partial charge in [0.05, 0.1) is 25.3 Å². The summed E-state index contributed by atoms with van der Waals surface area (Å²) in [6, 6.07) is 11.5. The van der Waals surface area contributed by atoms with Gasteiger partial charge in [-0.05, 0) is 42.2 Å². The number of Topliss-reactive ketones (excluding diaryl/α,β-unsaturated/α-hetero) is 1. The summed E-state index contributed by atoms with van der Waals surface area (Å²) in [6.07, 6.45) is 3.96. The van der Waals surface area contributed by atoms with Gasteiger partial charge in [-0.25, -0.2) is 13.8 Å². The first-order valence-electron chi connectivity index (χ1n) is 12.2. The van der Waals surface area contributed by atoms with E-state index in [4.69, 9.17) is 9.47 Å². The molecule has 0 bridgehead atoms. The van der Waals surface area contributed by atoms with Crippen molar-refractivity contribution in [3.8, 4) is 11.5 Å². The van der Waals surface area contributed by atoms with Crippen LogP contribution in [0.5, 0.6) is 11.5 Å². The summed E-state index contributed by atoms with van der Waals surface area (Å²) in [7, 11) is 0. The van der Waals surface area contributed by atoms with Crippen LogP contribution in [0.1, 0.15) is 57.9 Å². The molecule has 1 aliphatic heterocycles. The number of nitrogens with zero attached hydrogens (tertiary/aromatic N) is 2. The first kappa shape index (κ1) is 24.4. The molecule has 2 aliphatic rings. The van der Waals surface area contributed by atoms with Crippen molar-refractivity contribution in [2.24, 2.45) is 11.8 Å². The highest BCUT2D eigenvalue weighted by Gasteiger charge is 2.57. The van der Waals surface area contributed by atoms with Gasteiger partial charge in [-0.1, -0.05) is 32.9 Å². The second-order valence-electron chi connectivity index (χ2n) is 9.99. The Morgan fingerprint density at radius 1 is 1.15 bits per heavy atom. The Hall–Kier alpha value is -2.70. The van der Waals surface area contributed by atoms with Crippen molar-refractivity contribution in [2.45, 2.75) is 64.4 Å². The van der Waals surface area contributed by atoms with Crippen molar-refractivity contribution in [2.75, 3.05) is 24.6 Å². The van der Waals surface area contributed by atoms with Gasteiger partial charge in [0, 0.05) is 31.7 Å². The van der Waals surface area contributed by atoms with Crippen molar-refractivity contribution in [1.29, 1.82) is 0 Å². The minimum atomic E-state index is -2.57. The van der Waals surface area contributed by atoms with Gasteiger partial charge in [0.1, 0.15) is 29.2 Å². The van der Waals surface area contributed by atoms with E-state index in [-0.39, 0.29) is 30.8 Å². The normalized spacial score (nSPS) is 22.0. The fraction of sp³-hybridized carbons (Fsp3) is 0.556. The lowest BCUT2D eigenvalue weighted by Gasteiger charge is -2.19. The second kappa shape index (κ2) is 10.3. The van der Waals surface area contributed by atoms with Crippen LogP contribution in [0.4, 0.5) is 14.6 Å². The summed E-state index contributed by atoms with van der Waals surface area (Å²) >= 11 is 0. The van der Waals surface area contributed by atoms with Crippen LogP contribution in [0.15, 0.2) is 42.6 Å². The molecule has 0 radical (unpaired) electrons. The maximum absolute atomic E-state index is 13.0. The lowest BCUT2D eigenvalue weighted by atomic mass is 9.92. The van der Waals surface area contributed by atoms with E-state index in [1.54, 1.807) is 12.3 Å². The van der Waals surface area contributed by atoms with Gasteiger partial charge in [0.25, 0.3) is 5.92 Å². The highest BCUT2D eigenvalue weighted by molar-refractivity contribution is 5.85. The number of carbonyl (C=O) groups is 1. The summed E-state index contributed by atoms with van der Waals surface area (Å²) in [5, 5.41) is 0. The lowest BCUT2D eigenvalue weighted by molar-refractivity contribution is -0.120. The van der Waals surface area contributed by atoms with Crippen molar-refractivity contribution in [3.63, 3.8) is 0 Å². The molecule has 4 rings (SSSR count). The number of hydrogen-bond acceptors (Lipinski definition) is 5. The molecule has 2 aromatic rings. The Kier molecular flexibility index (Phi) is 7.39. The molecule has 2 heterocycles. The molecular formula is C27H34F2N2O3. The Morgan fingerprint density at radius 3 is 2.47 bits per heavy atom. The second-order valence-corrected chi connectivity index (χ2v) is 9.99. The van der Waals surface area contributed by atoms with Crippen LogP contribution in [0.3, 0.4) is 0 Å². The van der Waals surface area contributed by atoms with Gasteiger partial charge in [0.2, 0.25) is 0 Å². The molecule has 1 aromatic heterocycles. The van der Waals surface area contributed by atoms with E-state index in [2.05, 4.69) is 23.7 Å². The zero-order valence-electron chi connectivity index (χ0n) is 20.2. The molecule has 3 unspecified atom stereocenters. The molecule has 5 nitrogen and oxygen atoms in total. The number of halogens is 2. The summed E-state index contributed by atoms with van der Waals surface area (Å²) in [5.41, 5.74) is 1.02. The van der Waals surface area contributed by atoms with E-state index in [0.717, 1.165) is 36.5 Å². The van der Waals surface area contributed by atoms with Crippen molar-refractivity contribution in [3.05, 3.63) is 48.2 Å². The molecular weight excluding hydrogens is 438 g/mol. The third-order valence-electron chi connectivity index (χ3n) is 6.73. The van der Waals surface area contributed by atoms with Crippen LogP contribution in [-0.2, 0) is 4.79 Å². The van der Waals surface area contributed by atoms with Gasteiger partial charge in [-0.3, -0.25) is 4.79 Å². The number of benzene rings is 1. The molecule has 2 fully saturated rings. The van der Waals surface area contributed by atoms with E-state index in [1.807, 2.05) is 37.3 Å². The van der Waals surface area contributed by atoms with E-state index >= 15 is 0 Å². The predicted octanol–water partition coefficient (Wildman–Crippen LogP) is 5.88. The molecule has 184 valence electrons. The minimum Gasteiger partial charge on any atom is -0.491 e. The summed E-state index contributed by atoms with van der Waals surface area (Å²) in [4.78, 5) is 19.0. The third kappa shape index (κ3) is 6.24. The number of carbonyl (C=O) groups excluding carboxylic acids is 1. The molecule has 1 saturated heterocycles. The highest BCUT2D eigenvalue weighted by Crippen LogP contribution is 2.48. The average Bonchev–Trinajstić information content (AvgIpc) is 3.19. The standard InChI is InChI=1S/C27H34F2N2O3/c1-18(2)4-10-25(32)19(3)20-5-7-22(8-6-20)34-24-12-13-31(16-24)26-11-9-23(15-30-26)33-17-21-14-27(21,28)29/h5-9,11,15,18-19,21,24H,4,10,12-14,16-17H2,1-3H3. The maximum atomic E-state index is 13.0. The molecule has 0 amide bonds. The Labute approximate surface area is 200 Å². The fourth-order valence-corrected chi connectivity index (χ4v) is 4.19. The van der Waals surface area contributed by atoms with Crippen LogP contribution in [0, 0.1) is 11.8 Å². The summed E-state index contributed by atoms with van der Waals surface area (Å²) in [5.74, 6) is -0.409. The zero-order valence-corrected chi connectivity index (χ0v) is 20.2. The number of ketones is 1. The van der Waals surface area contributed by atoms with E-state index in [1.165, 1.54) is 0 Å². The van der Waals surface area contributed by atoms with Crippen LogP contribution < -0.4 is 14.4 Å². The molecule has 1 aliphatic carbocycles. The van der Waals surface area contributed by atoms with E-state index < -0.39 is 11.8 Å². The maximum Gasteiger partial charge on any atom is 0.255 e. The van der Waals surface area contributed by atoms with Gasteiger partial charge in [-0.2, -0.15) is 0 Å². The van der Waals surface area contributed by atoms with Crippen LogP contribution in [-0.4, -0.2) is 42.5 Å². The van der Waals surface area contributed by atoms with Gasteiger partial charge in [0.15, 0.2) is 0 Å². The quantitative estimate of drug-likeness (QED) is 0.409. The van der Waals surface area contributed by atoms with E-state index in [9.17, 15) is 13.6 Å². The van der Waals surface area contributed by atoms with Crippen LogP contribution in [0.25, 0.3) is 0 Å². The number of anilines is 1. The van der Waals surface area contributed by atoms with Crippen LogP contribution in [0.2, 0.25) is 0 Å². The van der Waals surface area contributed by atoms with Crippen molar-refractivity contribution >= 4 is 11.6 Å². The number of aromatic nitrogens is 1. The van der Waals surface area contributed by atoms with Crippen molar-refractivity contribution in [1.82, 2.24) is 4.98 Å². The minimum absolute atomic E-state index is 0.0251. The first-order valence-corrected chi connectivity index (χ1v) is 12.2. The number of rotatable bonds is 11. The molecule has 7 heteroatoms. The van der Waals surface area contributed by atoms with Gasteiger partial charge >= 0.3 is 0 Å². The smallest absolute Gasteiger partial charge is 0.255 e. The fourth-order valence-electron chi connectivity index (χ4n) is 4.19. The van der Waals surface area contributed by atoms with Crippen molar-refractivity contribution < 1.29 is 23.0 Å². The lowest BCUT2D eigenvalue weighted by Crippen LogP contribution is -2.25. The SMILES string of the molecule is CC(C)CCC(=O)C(C)c1ccc(OC2CCN(c3ccc(OCC4CC4(F)F)cn3)C2)cc1. The Morgan fingerprint density at radius 2 is 1.85 bits per heavy atom. The average molecular weight is 473 g/mol. The predicted molar refractivity (Wildman–Crippen MR) is 128 cm³/mol. The molecule has 3 atom stereocenters. The molecule has 0 spiro atoms. The van der Waals surface area contributed by atoms with Gasteiger partial charge < -0.3 is 14.4 Å². The summed E-state index contributed by atoms with van der Waals surface area (Å²) < 4.78 is 37.6. The zero-order chi connectivity index (χ0) is 24.3. The number of alkyl halides is 2. The Balaban J connectivity index is 1.24. The molecule has 1 saturated carbocycles. The highest BCUT2D eigenvalue weighted by atomic mass is 19.3. The first-order chi connectivity index (χ1) is 16.2. The van der Waals surface area contributed by atoms with E-state index in [0.29, 0.717) is 24.6 Å². The number of pyridine rings is 1.